The summed E-state index contributed by atoms with van der Waals surface area (Å²) in [5.41, 5.74) is 1.33. The molecule has 1 atom stereocenters. The Morgan fingerprint density at radius 2 is 2.29 bits per heavy atom. The van der Waals surface area contributed by atoms with Gasteiger partial charge in [-0.25, -0.2) is 0 Å². The zero-order valence-electron chi connectivity index (χ0n) is 10.6. The molecule has 0 fully saturated rings. The molecule has 0 radical (unpaired) electrons. The molecule has 1 aromatic rings. The number of benzene rings is 1. The number of nitrogens with one attached hydrogen (secondary N) is 1. The molecule has 3 heteroatoms. The van der Waals surface area contributed by atoms with Gasteiger partial charge in [-0.1, -0.05) is 19.1 Å². The molecule has 0 heterocycles. The van der Waals surface area contributed by atoms with Gasteiger partial charge >= 0.3 is 0 Å². The second-order valence-electron chi connectivity index (χ2n) is 3.96. The molecule has 0 saturated heterocycles. The quantitative estimate of drug-likeness (QED) is 0.589. The van der Waals surface area contributed by atoms with Crippen LogP contribution in [0.15, 0.2) is 29.2 Å². The van der Waals surface area contributed by atoms with Gasteiger partial charge in [0.15, 0.2) is 0 Å². The Morgan fingerprint density at radius 1 is 1.47 bits per heavy atom. The van der Waals surface area contributed by atoms with E-state index in [1.54, 1.807) is 0 Å². The van der Waals surface area contributed by atoms with Crippen LogP contribution < -0.4 is 5.32 Å². The second-order valence-corrected chi connectivity index (χ2v) is 5.13. The largest absolute Gasteiger partial charge is 0.310 e. The number of nitriles is 1. The van der Waals surface area contributed by atoms with E-state index in [1.807, 2.05) is 11.8 Å². The molecule has 0 aromatic heterocycles. The topological polar surface area (TPSA) is 35.8 Å². The van der Waals surface area contributed by atoms with E-state index in [1.165, 1.54) is 10.5 Å². The predicted octanol–water partition coefficient (Wildman–Crippen LogP) is 3.75. The number of unbranched alkanes of at least 4 members (excludes halogenated alkanes) is 1. The average Bonchev–Trinajstić information content (AvgIpc) is 2.35. The molecule has 17 heavy (non-hydrogen) atoms. The van der Waals surface area contributed by atoms with Gasteiger partial charge in [0.1, 0.15) is 0 Å². The zero-order valence-corrected chi connectivity index (χ0v) is 11.4. The first-order chi connectivity index (χ1) is 8.27. The van der Waals surface area contributed by atoms with Crippen molar-refractivity contribution in [3.63, 3.8) is 0 Å². The molecule has 2 nitrogen and oxygen atoms in total. The molecule has 0 spiro atoms. The van der Waals surface area contributed by atoms with Gasteiger partial charge in [0.2, 0.25) is 0 Å². The average molecular weight is 248 g/mol. The summed E-state index contributed by atoms with van der Waals surface area (Å²) < 4.78 is 0. The number of hydrogen-bond donors (Lipinski definition) is 1. The van der Waals surface area contributed by atoms with Crippen molar-refractivity contribution in [2.75, 3.05) is 12.3 Å². The normalized spacial score (nSPS) is 12.1. The van der Waals surface area contributed by atoms with Crippen LogP contribution in [0.5, 0.6) is 0 Å². The summed E-state index contributed by atoms with van der Waals surface area (Å²) in [7, 11) is 0. The van der Waals surface area contributed by atoms with E-state index in [0.717, 1.165) is 18.7 Å². The van der Waals surface area contributed by atoms with E-state index in [9.17, 15) is 0 Å². The minimum absolute atomic E-state index is 0.402. The lowest BCUT2D eigenvalue weighted by Gasteiger charge is -2.13. The van der Waals surface area contributed by atoms with Gasteiger partial charge < -0.3 is 5.32 Å². The third kappa shape index (κ3) is 5.25. The molecule has 0 aliphatic carbocycles. The van der Waals surface area contributed by atoms with E-state index in [-0.39, 0.29) is 0 Å². The van der Waals surface area contributed by atoms with Crippen LogP contribution in [-0.4, -0.2) is 12.3 Å². The Kier molecular flexibility index (Phi) is 6.76. The molecule has 1 N–H and O–H groups in total. The summed E-state index contributed by atoms with van der Waals surface area (Å²) >= 11 is 1.83. The van der Waals surface area contributed by atoms with Gasteiger partial charge in [-0.3, -0.25) is 0 Å². The predicted molar refractivity (Wildman–Crippen MR) is 74.1 cm³/mol. The van der Waals surface area contributed by atoms with Crippen molar-refractivity contribution >= 4 is 11.8 Å². The van der Waals surface area contributed by atoms with Crippen molar-refractivity contribution in [2.45, 2.75) is 37.6 Å². The third-order valence-electron chi connectivity index (χ3n) is 2.57. The van der Waals surface area contributed by atoms with Crippen molar-refractivity contribution in [1.82, 2.24) is 5.32 Å². The Balaban J connectivity index is 2.51. The molecule has 1 rings (SSSR count). The molecular formula is C14H20N2S. The van der Waals surface area contributed by atoms with Crippen LogP contribution in [0.2, 0.25) is 0 Å². The van der Waals surface area contributed by atoms with E-state index in [0.29, 0.717) is 12.5 Å². The van der Waals surface area contributed by atoms with Crippen LogP contribution in [0.3, 0.4) is 0 Å². The summed E-state index contributed by atoms with van der Waals surface area (Å²) in [5.74, 6) is 1.02. The molecule has 92 valence electrons. The molecule has 1 unspecified atom stereocenters. The maximum Gasteiger partial charge on any atom is 0.0622 e. The van der Waals surface area contributed by atoms with Crippen LogP contribution in [0, 0.1) is 11.3 Å². The highest BCUT2D eigenvalue weighted by molar-refractivity contribution is 7.99. The van der Waals surface area contributed by atoms with Crippen LogP contribution in [0.4, 0.5) is 0 Å². The highest BCUT2D eigenvalue weighted by atomic mass is 32.2. The van der Waals surface area contributed by atoms with Crippen molar-refractivity contribution < 1.29 is 0 Å². The van der Waals surface area contributed by atoms with E-state index < -0.39 is 0 Å². The van der Waals surface area contributed by atoms with E-state index in [4.69, 9.17) is 5.26 Å². The smallest absolute Gasteiger partial charge is 0.0622 e. The first kappa shape index (κ1) is 14.1. The first-order valence-corrected chi connectivity index (χ1v) is 7.09. The molecule has 0 saturated carbocycles. The summed E-state index contributed by atoms with van der Waals surface area (Å²) in [6.45, 7) is 5.29. The lowest BCUT2D eigenvalue weighted by Crippen LogP contribution is -2.17. The fourth-order valence-electron chi connectivity index (χ4n) is 1.64. The Hall–Kier alpha value is -0.980. The summed E-state index contributed by atoms with van der Waals surface area (Å²) in [6, 6.07) is 11.2. The number of hydrogen-bond acceptors (Lipinski definition) is 3. The van der Waals surface area contributed by atoms with E-state index in [2.05, 4.69) is 49.5 Å². The SMILES string of the molecule is CCNC(C)c1cccc(SCCCC#N)c1. The fourth-order valence-corrected chi connectivity index (χ4v) is 2.56. The van der Waals surface area contributed by atoms with Gasteiger partial charge in [0, 0.05) is 17.4 Å². The summed E-state index contributed by atoms with van der Waals surface area (Å²) in [6.07, 6.45) is 1.62. The Labute approximate surface area is 108 Å². The van der Waals surface area contributed by atoms with Gasteiger partial charge in [0.25, 0.3) is 0 Å². The van der Waals surface area contributed by atoms with Gasteiger partial charge in [0.05, 0.1) is 6.07 Å². The molecule has 0 amide bonds. The zero-order chi connectivity index (χ0) is 12.5. The maximum atomic E-state index is 8.47. The molecule has 0 aliphatic rings. The van der Waals surface area contributed by atoms with Gasteiger partial charge in [-0.15, -0.1) is 11.8 Å². The molecular weight excluding hydrogens is 228 g/mol. The minimum atomic E-state index is 0.402. The van der Waals surface area contributed by atoms with Crippen molar-refractivity contribution in [3.8, 4) is 6.07 Å². The second kappa shape index (κ2) is 8.16. The fraction of sp³-hybridized carbons (Fsp3) is 0.500. The number of thioether (sulfide) groups is 1. The van der Waals surface area contributed by atoms with Crippen molar-refractivity contribution in [3.05, 3.63) is 29.8 Å². The lowest BCUT2D eigenvalue weighted by atomic mass is 10.1. The van der Waals surface area contributed by atoms with Crippen LogP contribution >= 0.6 is 11.8 Å². The molecule has 0 bridgehead atoms. The Bertz CT molecular complexity index is 371. The highest BCUT2D eigenvalue weighted by Gasteiger charge is 2.04. The van der Waals surface area contributed by atoms with Crippen LogP contribution in [0.25, 0.3) is 0 Å². The van der Waals surface area contributed by atoms with Crippen molar-refractivity contribution in [2.24, 2.45) is 0 Å². The first-order valence-electron chi connectivity index (χ1n) is 6.11. The third-order valence-corrected chi connectivity index (χ3v) is 3.65. The summed E-state index contributed by atoms with van der Waals surface area (Å²) in [5, 5.41) is 11.9. The number of rotatable bonds is 7. The maximum absolute atomic E-state index is 8.47. The monoisotopic (exact) mass is 248 g/mol. The Morgan fingerprint density at radius 3 is 3.00 bits per heavy atom. The van der Waals surface area contributed by atoms with Crippen molar-refractivity contribution in [1.29, 1.82) is 5.26 Å². The summed E-state index contributed by atoms with van der Waals surface area (Å²) in [4.78, 5) is 1.30. The van der Waals surface area contributed by atoms with E-state index >= 15 is 0 Å². The van der Waals surface area contributed by atoms with Gasteiger partial charge in [-0.2, -0.15) is 5.26 Å². The standard InChI is InChI=1S/C14H20N2S/c1-3-16-12(2)13-7-6-8-14(11-13)17-10-5-4-9-15/h6-8,11-12,16H,3-5,10H2,1-2H3. The molecule has 1 aromatic carbocycles. The number of nitrogens with zero attached hydrogens (tertiary/aromatic N) is 1. The van der Waals surface area contributed by atoms with Gasteiger partial charge in [-0.05, 0) is 43.3 Å². The highest BCUT2D eigenvalue weighted by Crippen LogP contribution is 2.23. The molecule has 0 aliphatic heterocycles. The minimum Gasteiger partial charge on any atom is -0.310 e. The lowest BCUT2D eigenvalue weighted by molar-refractivity contribution is 0.597. The van der Waals surface area contributed by atoms with Crippen LogP contribution in [0.1, 0.15) is 38.3 Å². The van der Waals surface area contributed by atoms with Crippen LogP contribution in [-0.2, 0) is 0 Å².